The number of anilines is 1. The number of phenolic OH excluding ortho intramolecular Hbond substituents is 1. The summed E-state index contributed by atoms with van der Waals surface area (Å²) in [6.07, 6.45) is 4.52. The highest BCUT2D eigenvalue weighted by Gasteiger charge is 2.28. The molecule has 4 amide bonds. The molecule has 1 atom stereocenters. The molecule has 0 fully saturated rings. The Bertz CT molecular complexity index is 2160. The molecule has 0 saturated heterocycles. The van der Waals surface area contributed by atoms with Gasteiger partial charge in [-0.05, 0) is 59.2 Å². The van der Waals surface area contributed by atoms with Crippen molar-refractivity contribution in [3.05, 3.63) is 132 Å². The summed E-state index contributed by atoms with van der Waals surface area (Å²) in [6, 6.07) is 24.7. The molecule has 0 radical (unpaired) electrons. The van der Waals surface area contributed by atoms with E-state index in [2.05, 4.69) is 17.2 Å². The number of nitrogens with two attached hydrogens (primary N) is 2. The normalized spacial score (nSPS) is 11.5. The summed E-state index contributed by atoms with van der Waals surface area (Å²) >= 11 is 0. The zero-order valence-electron chi connectivity index (χ0n) is 29.9. The number of fused-ring (bicyclic) bond motifs is 1. The van der Waals surface area contributed by atoms with Crippen molar-refractivity contribution >= 4 is 46.5 Å². The smallest absolute Gasteiger partial charge is 0.255 e. The Balaban J connectivity index is 1.40. The highest BCUT2D eigenvalue weighted by atomic mass is 16.3. The second kappa shape index (κ2) is 17.8. The Morgan fingerprint density at radius 3 is 2.37 bits per heavy atom. The first kappa shape index (κ1) is 38.7. The van der Waals surface area contributed by atoms with Gasteiger partial charge in [-0.3, -0.25) is 25.0 Å². The number of amides is 4. The number of carbonyl (C=O) groups is 5. The largest absolute Gasteiger partial charge is 0.508 e. The van der Waals surface area contributed by atoms with Crippen molar-refractivity contribution in [3.63, 3.8) is 0 Å². The molecule has 5 rings (SSSR count). The van der Waals surface area contributed by atoms with Crippen molar-refractivity contribution in [2.45, 2.75) is 25.4 Å². The van der Waals surface area contributed by atoms with E-state index >= 15 is 0 Å². The van der Waals surface area contributed by atoms with Crippen LogP contribution in [0.1, 0.15) is 38.3 Å². The molecule has 0 aliphatic carbocycles. The lowest BCUT2D eigenvalue weighted by atomic mass is 10.0. The molecule has 54 heavy (non-hydrogen) atoms. The van der Waals surface area contributed by atoms with Gasteiger partial charge in [0.15, 0.2) is 0 Å². The average molecular weight is 730 g/mol. The Labute approximate surface area is 312 Å². The lowest BCUT2D eigenvalue weighted by Crippen LogP contribution is -2.52. The molecule has 13 heteroatoms. The first-order chi connectivity index (χ1) is 26.0. The van der Waals surface area contributed by atoms with Gasteiger partial charge in [-0.2, -0.15) is 0 Å². The third-order valence-electron chi connectivity index (χ3n) is 8.86. The van der Waals surface area contributed by atoms with E-state index in [1.165, 1.54) is 23.2 Å². The number of carbonyl (C=O) groups excluding carboxylic acids is 5. The van der Waals surface area contributed by atoms with Gasteiger partial charge < -0.3 is 35.7 Å². The number of nitrogens with zero attached hydrogens (tertiary/aromatic N) is 3. The van der Waals surface area contributed by atoms with E-state index in [-0.39, 0.29) is 62.1 Å². The lowest BCUT2D eigenvalue weighted by molar-refractivity contribution is -0.137. The molecule has 5 aromatic rings. The number of benzene rings is 4. The van der Waals surface area contributed by atoms with Crippen molar-refractivity contribution in [3.8, 4) is 16.9 Å². The molecule has 0 unspecified atom stereocenters. The average Bonchev–Trinajstić information content (AvgIpc) is 3.50. The minimum Gasteiger partial charge on any atom is -0.508 e. The number of rotatable bonds is 17. The van der Waals surface area contributed by atoms with Crippen LogP contribution in [0.4, 0.5) is 5.69 Å². The summed E-state index contributed by atoms with van der Waals surface area (Å²) < 4.78 is 1.97. The summed E-state index contributed by atoms with van der Waals surface area (Å²) in [4.78, 5) is 65.0. The number of nitrogens with one attached hydrogen (secondary N) is 2. The van der Waals surface area contributed by atoms with Gasteiger partial charge in [0.05, 0.1) is 12.1 Å². The van der Waals surface area contributed by atoms with E-state index in [1.807, 2.05) is 48.1 Å². The summed E-state index contributed by atoms with van der Waals surface area (Å²) in [5, 5.41) is 17.6. The Morgan fingerprint density at radius 2 is 1.69 bits per heavy atom. The Kier molecular flexibility index (Phi) is 12.7. The molecule has 4 aromatic carbocycles. The fourth-order valence-corrected chi connectivity index (χ4v) is 6.29. The SMILES string of the molecule is C=CCN(N)CC(=O)N[C@@H](Cc1ccc(O)cc1)C(=O)N(CCC=O)Cc1cccc2c(-c3ccc(C(=O)Nc4cccc(C(N)=O)c4)cc3)cn(C)c12. The van der Waals surface area contributed by atoms with Crippen molar-refractivity contribution in [2.75, 3.05) is 25.0 Å². The molecule has 13 nitrogen and oxygen atoms in total. The van der Waals surface area contributed by atoms with Crippen LogP contribution in [-0.4, -0.2) is 75.2 Å². The molecule has 0 aliphatic heterocycles. The van der Waals surface area contributed by atoms with Gasteiger partial charge in [0.1, 0.15) is 18.1 Å². The molecule has 278 valence electrons. The van der Waals surface area contributed by atoms with Crippen LogP contribution in [0.3, 0.4) is 0 Å². The Morgan fingerprint density at radius 1 is 0.963 bits per heavy atom. The number of aryl methyl sites for hydroxylation is 1. The van der Waals surface area contributed by atoms with Crippen molar-refractivity contribution < 1.29 is 29.1 Å². The van der Waals surface area contributed by atoms with Gasteiger partial charge in [-0.1, -0.05) is 54.6 Å². The van der Waals surface area contributed by atoms with Gasteiger partial charge in [0.2, 0.25) is 17.7 Å². The van der Waals surface area contributed by atoms with Crippen LogP contribution >= 0.6 is 0 Å². The van der Waals surface area contributed by atoms with Crippen molar-refractivity contribution in [1.29, 1.82) is 0 Å². The van der Waals surface area contributed by atoms with Crippen LogP contribution in [0.25, 0.3) is 22.0 Å². The lowest BCUT2D eigenvalue weighted by Gasteiger charge is -2.28. The summed E-state index contributed by atoms with van der Waals surface area (Å²) in [6.45, 7) is 4.01. The monoisotopic (exact) mass is 729 g/mol. The maximum atomic E-state index is 14.3. The van der Waals surface area contributed by atoms with E-state index in [4.69, 9.17) is 11.6 Å². The third kappa shape index (κ3) is 9.64. The number of phenols is 1. The van der Waals surface area contributed by atoms with E-state index in [0.717, 1.165) is 33.9 Å². The van der Waals surface area contributed by atoms with Gasteiger partial charge in [-0.15, -0.1) is 6.58 Å². The molecule has 1 heterocycles. The van der Waals surface area contributed by atoms with Crippen LogP contribution in [0.2, 0.25) is 0 Å². The third-order valence-corrected chi connectivity index (χ3v) is 8.86. The van der Waals surface area contributed by atoms with Crippen LogP contribution in [0.15, 0.2) is 110 Å². The molecule has 0 aliphatic rings. The van der Waals surface area contributed by atoms with Gasteiger partial charge in [-0.25, -0.2) is 5.01 Å². The highest BCUT2D eigenvalue weighted by Crippen LogP contribution is 2.33. The van der Waals surface area contributed by atoms with Crippen LogP contribution < -0.4 is 22.2 Å². The molecule has 1 aromatic heterocycles. The second-order valence-electron chi connectivity index (χ2n) is 12.9. The summed E-state index contributed by atoms with van der Waals surface area (Å²) in [5.41, 5.74) is 10.7. The molecular formula is C41H43N7O6. The van der Waals surface area contributed by atoms with Crippen LogP contribution in [0, 0.1) is 0 Å². The number of aldehydes is 1. The zero-order valence-corrected chi connectivity index (χ0v) is 29.9. The topological polar surface area (TPSA) is 193 Å². The maximum absolute atomic E-state index is 14.3. The predicted molar refractivity (Wildman–Crippen MR) is 207 cm³/mol. The fraction of sp³-hybridized carbons (Fsp3) is 0.195. The van der Waals surface area contributed by atoms with E-state index in [0.29, 0.717) is 16.8 Å². The number of hydrogen-bond acceptors (Lipinski definition) is 8. The molecule has 0 spiro atoms. The minimum absolute atomic E-state index is 0.0716. The first-order valence-corrected chi connectivity index (χ1v) is 17.3. The number of para-hydroxylation sites is 1. The molecule has 0 bridgehead atoms. The quantitative estimate of drug-likeness (QED) is 0.0412. The van der Waals surface area contributed by atoms with Gasteiger partial charge >= 0.3 is 0 Å². The van der Waals surface area contributed by atoms with Crippen molar-refractivity contribution in [1.82, 2.24) is 19.8 Å². The van der Waals surface area contributed by atoms with Crippen molar-refractivity contribution in [2.24, 2.45) is 18.6 Å². The number of aromatic nitrogens is 1. The number of hydrazine groups is 1. The minimum atomic E-state index is -0.989. The van der Waals surface area contributed by atoms with E-state index in [1.54, 1.807) is 53.4 Å². The van der Waals surface area contributed by atoms with E-state index in [9.17, 15) is 29.1 Å². The second-order valence-corrected chi connectivity index (χ2v) is 12.9. The zero-order chi connectivity index (χ0) is 38.8. The predicted octanol–water partition coefficient (Wildman–Crippen LogP) is 3.91. The van der Waals surface area contributed by atoms with Crippen LogP contribution in [-0.2, 0) is 34.4 Å². The molecule has 7 N–H and O–H groups in total. The van der Waals surface area contributed by atoms with Gasteiger partial charge in [0, 0.05) is 73.5 Å². The number of aromatic hydroxyl groups is 1. The molecular weight excluding hydrogens is 686 g/mol. The fourth-order valence-electron chi connectivity index (χ4n) is 6.29. The van der Waals surface area contributed by atoms with E-state index < -0.39 is 17.9 Å². The first-order valence-electron chi connectivity index (χ1n) is 17.3. The summed E-state index contributed by atoms with van der Waals surface area (Å²) in [5.74, 6) is 4.21. The number of hydrogen-bond donors (Lipinski definition) is 5. The standard InChI is InChI=1S/C41H43N7O6/c1-3-19-48(43)26-37(51)45-36(22-27-11-17-33(50)18-12-27)41(54)47(20-6-21-49)24-31-8-5-10-34-35(25-46(2)38(31)34)28-13-15-29(16-14-28)40(53)44-32-9-4-7-30(23-32)39(42)52/h3-5,7-18,21,23,25,36,50H,1,6,19-20,22,24,26,43H2,2H3,(H2,42,52)(H,44,53)(H,45,51)/t36-/m0/s1. The number of primary amides is 1. The highest BCUT2D eigenvalue weighted by molar-refractivity contribution is 6.06. The van der Waals surface area contributed by atoms with Gasteiger partial charge in [0.25, 0.3) is 5.91 Å². The summed E-state index contributed by atoms with van der Waals surface area (Å²) in [7, 11) is 1.91. The van der Waals surface area contributed by atoms with Crippen LogP contribution in [0.5, 0.6) is 5.75 Å². The molecule has 0 saturated carbocycles. The maximum Gasteiger partial charge on any atom is 0.255 e. The Hall–Kier alpha value is -6.57.